The van der Waals surface area contributed by atoms with E-state index in [1.807, 2.05) is 13.8 Å². The predicted molar refractivity (Wildman–Crippen MR) is 40.7 cm³/mol. The van der Waals surface area contributed by atoms with Crippen LogP contribution >= 0.6 is 11.3 Å². The highest BCUT2D eigenvalue weighted by molar-refractivity contribution is 7.13. The van der Waals surface area contributed by atoms with Gasteiger partial charge < -0.3 is 4.74 Å². The first-order valence-corrected chi connectivity index (χ1v) is 4.29. The SMILES string of the molecule is CC(C)c1nnc(OC(F)(F)F)s1. The first-order valence-electron chi connectivity index (χ1n) is 3.47. The largest absolute Gasteiger partial charge is 0.574 e. The minimum absolute atomic E-state index is 0.0584. The van der Waals surface area contributed by atoms with Gasteiger partial charge in [-0.1, -0.05) is 30.3 Å². The van der Waals surface area contributed by atoms with Crippen LogP contribution in [0.4, 0.5) is 13.2 Å². The number of halogens is 3. The van der Waals surface area contributed by atoms with Crippen LogP contribution in [0.1, 0.15) is 24.8 Å². The number of alkyl halides is 3. The molecule has 0 unspecified atom stereocenters. The molecule has 0 aliphatic heterocycles. The van der Waals surface area contributed by atoms with Gasteiger partial charge in [0.25, 0.3) is 0 Å². The molecule has 0 saturated heterocycles. The molecule has 0 spiro atoms. The van der Waals surface area contributed by atoms with Gasteiger partial charge in [-0.25, -0.2) is 0 Å². The fraction of sp³-hybridized carbons (Fsp3) is 0.667. The molecule has 13 heavy (non-hydrogen) atoms. The van der Waals surface area contributed by atoms with E-state index in [1.54, 1.807) is 0 Å². The third kappa shape index (κ3) is 3.17. The predicted octanol–water partition coefficient (Wildman–Crippen LogP) is 2.56. The Hall–Kier alpha value is -0.850. The molecule has 1 aromatic rings. The zero-order chi connectivity index (χ0) is 10.1. The van der Waals surface area contributed by atoms with E-state index in [0.717, 1.165) is 11.3 Å². The maximum absolute atomic E-state index is 11.7. The number of nitrogens with zero attached hydrogens (tertiary/aromatic N) is 2. The summed E-state index contributed by atoms with van der Waals surface area (Å²) in [5, 5.41) is 6.86. The number of aromatic nitrogens is 2. The average molecular weight is 212 g/mol. The van der Waals surface area contributed by atoms with Crippen molar-refractivity contribution in [3.8, 4) is 5.19 Å². The second kappa shape index (κ2) is 3.49. The molecule has 0 bridgehead atoms. The van der Waals surface area contributed by atoms with E-state index in [4.69, 9.17) is 0 Å². The molecule has 0 fully saturated rings. The van der Waals surface area contributed by atoms with Gasteiger partial charge in [0.1, 0.15) is 5.01 Å². The van der Waals surface area contributed by atoms with Crippen molar-refractivity contribution in [1.82, 2.24) is 10.2 Å². The van der Waals surface area contributed by atoms with Crippen LogP contribution in [0.2, 0.25) is 0 Å². The van der Waals surface area contributed by atoms with Gasteiger partial charge in [0.15, 0.2) is 0 Å². The Morgan fingerprint density at radius 2 is 1.92 bits per heavy atom. The quantitative estimate of drug-likeness (QED) is 0.755. The van der Waals surface area contributed by atoms with Crippen LogP contribution in [0.15, 0.2) is 0 Å². The zero-order valence-electron chi connectivity index (χ0n) is 6.92. The van der Waals surface area contributed by atoms with Gasteiger partial charge in [0.05, 0.1) is 0 Å². The van der Waals surface area contributed by atoms with Gasteiger partial charge in [-0.2, -0.15) is 0 Å². The number of hydrogen-bond acceptors (Lipinski definition) is 4. The van der Waals surface area contributed by atoms with Gasteiger partial charge in [0.2, 0.25) is 0 Å². The van der Waals surface area contributed by atoms with Crippen molar-refractivity contribution in [2.75, 3.05) is 0 Å². The normalized spacial score (nSPS) is 12.2. The molecule has 0 aliphatic rings. The molecule has 0 saturated carbocycles. The molecule has 74 valence electrons. The maximum atomic E-state index is 11.7. The second-order valence-electron chi connectivity index (χ2n) is 2.61. The fourth-order valence-electron chi connectivity index (χ4n) is 0.594. The summed E-state index contributed by atoms with van der Waals surface area (Å²) in [5.74, 6) is 0.0584. The number of hydrogen-bond donors (Lipinski definition) is 0. The minimum Gasteiger partial charge on any atom is -0.377 e. The molecule has 1 rings (SSSR count). The van der Waals surface area contributed by atoms with E-state index in [2.05, 4.69) is 14.9 Å². The summed E-state index contributed by atoms with van der Waals surface area (Å²) in [5.41, 5.74) is 0. The topological polar surface area (TPSA) is 35.0 Å². The van der Waals surface area contributed by atoms with Gasteiger partial charge in [-0.05, 0) is 0 Å². The molecule has 1 heterocycles. The first-order chi connectivity index (χ1) is 5.88. The fourth-order valence-corrected chi connectivity index (χ4v) is 1.31. The van der Waals surface area contributed by atoms with Crippen molar-refractivity contribution in [1.29, 1.82) is 0 Å². The van der Waals surface area contributed by atoms with E-state index in [0.29, 0.717) is 5.01 Å². The Morgan fingerprint density at radius 3 is 2.31 bits per heavy atom. The van der Waals surface area contributed by atoms with Crippen LogP contribution in [0, 0.1) is 0 Å². The smallest absolute Gasteiger partial charge is 0.377 e. The summed E-state index contributed by atoms with van der Waals surface area (Å²) in [4.78, 5) is 0. The second-order valence-corrected chi connectivity index (χ2v) is 3.58. The van der Waals surface area contributed by atoms with E-state index in [1.165, 1.54) is 0 Å². The molecule has 0 N–H and O–H groups in total. The van der Waals surface area contributed by atoms with E-state index >= 15 is 0 Å². The molecule has 1 aromatic heterocycles. The highest BCUT2D eigenvalue weighted by Gasteiger charge is 2.33. The summed E-state index contributed by atoms with van der Waals surface area (Å²) in [6.07, 6.45) is -4.69. The lowest BCUT2D eigenvalue weighted by molar-refractivity contribution is -0.274. The third-order valence-electron chi connectivity index (χ3n) is 1.12. The van der Waals surface area contributed by atoms with Crippen LogP contribution in [0.25, 0.3) is 0 Å². The van der Waals surface area contributed by atoms with Gasteiger partial charge in [-0.15, -0.1) is 18.3 Å². The minimum atomic E-state index is -4.69. The highest BCUT2D eigenvalue weighted by Crippen LogP contribution is 2.28. The van der Waals surface area contributed by atoms with E-state index in [9.17, 15) is 13.2 Å². The lowest BCUT2D eigenvalue weighted by atomic mass is 10.2. The monoisotopic (exact) mass is 212 g/mol. The van der Waals surface area contributed by atoms with Gasteiger partial charge in [0, 0.05) is 5.92 Å². The van der Waals surface area contributed by atoms with Crippen molar-refractivity contribution < 1.29 is 17.9 Å². The van der Waals surface area contributed by atoms with Crippen LogP contribution in [0.5, 0.6) is 5.19 Å². The Kier molecular flexibility index (Phi) is 2.74. The Bertz CT molecular complexity index is 284. The molecular weight excluding hydrogens is 205 g/mol. The maximum Gasteiger partial charge on any atom is 0.574 e. The summed E-state index contributed by atoms with van der Waals surface area (Å²) < 4.78 is 38.6. The first kappa shape index (κ1) is 10.2. The van der Waals surface area contributed by atoms with Crippen LogP contribution < -0.4 is 4.74 Å². The molecule has 0 radical (unpaired) electrons. The summed E-state index contributed by atoms with van der Waals surface area (Å²) in [6.45, 7) is 3.63. The van der Waals surface area contributed by atoms with Crippen molar-refractivity contribution in [2.24, 2.45) is 0 Å². The summed E-state index contributed by atoms with van der Waals surface area (Å²) >= 11 is 0.803. The van der Waals surface area contributed by atoms with Crippen molar-refractivity contribution >= 4 is 11.3 Å². The molecule has 0 atom stereocenters. The van der Waals surface area contributed by atoms with Crippen molar-refractivity contribution in [2.45, 2.75) is 26.1 Å². The van der Waals surface area contributed by atoms with E-state index in [-0.39, 0.29) is 5.92 Å². The standard InChI is InChI=1S/C6H7F3N2OS/c1-3(2)4-10-11-5(13-4)12-6(7,8)9/h3H,1-2H3. The van der Waals surface area contributed by atoms with Crippen LogP contribution in [-0.4, -0.2) is 16.6 Å². The van der Waals surface area contributed by atoms with E-state index < -0.39 is 11.6 Å². The van der Waals surface area contributed by atoms with Crippen molar-refractivity contribution in [3.05, 3.63) is 5.01 Å². The third-order valence-corrected chi connectivity index (χ3v) is 2.22. The van der Waals surface area contributed by atoms with Gasteiger partial charge in [-0.3, -0.25) is 0 Å². The highest BCUT2D eigenvalue weighted by atomic mass is 32.1. The molecule has 7 heteroatoms. The Balaban J connectivity index is 2.70. The lowest BCUT2D eigenvalue weighted by Crippen LogP contribution is -2.16. The summed E-state index contributed by atoms with van der Waals surface area (Å²) in [7, 11) is 0. The molecule has 0 amide bonds. The summed E-state index contributed by atoms with van der Waals surface area (Å²) in [6, 6.07) is 0. The zero-order valence-corrected chi connectivity index (χ0v) is 7.74. The van der Waals surface area contributed by atoms with Crippen LogP contribution in [0.3, 0.4) is 0 Å². The van der Waals surface area contributed by atoms with Crippen LogP contribution in [-0.2, 0) is 0 Å². The Labute approximate surface area is 76.5 Å². The van der Waals surface area contributed by atoms with Gasteiger partial charge >= 0.3 is 11.6 Å². The average Bonchev–Trinajstić information content (AvgIpc) is 2.31. The van der Waals surface area contributed by atoms with Crippen molar-refractivity contribution in [3.63, 3.8) is 0 Å². The molecule has 0 aliphatic carbocycles. The molecule has 3 nitrogen and oxygen atoms in total. The number of rotatable bonds is 2. The number of ether oxygens (including phenoxy) is 1. The lowest BCUT2D eigenvalue weighted by Gasteiger charge is -2.02. The molecule has 0 aromatic carbocycles. The Morgan fingerprint density at radius 1 is 1.31 bits per heavy atom. The molecular formula is C6H7F3N2OS.